The lowest BCUT2D eigenvalue weighted by Crippen LogP contribution is -2.51. The second-order valence-corrected chi connectivity index (χ2v) is 7.32. The van der Waals surface area contributed by atoms with E-state index in [1.807, 2.05) is 30.3 Å². The van der Waals surface area contributed by atoms with Crippen molar-refractivity contribution in [3.8, 4) is 11.5 Å². The molecule has 8 heteroatoms. The summed E-state index contributed by atoms with van der Waals surface area (Å²) < 4.78 is 11.1. The van der Waals surface area contributed by atoms with Gasteiger partial charge >= 0.3 is 0 Å². The van der Waals surface area contributed by atoms with Crippen LogP contribution in [0.1, 0.15) is 6.42 Å². The van der Waals surface area contributed by atoms with E-state index in [0.29, 0.717) is 24.5 Å². The van der Waals surface area contributed by atoms with Crippen molar-refractivity contribution in [2.75, 3.05) is 44.2 Å². The van der Waals surface area contributed by atoms with Crippen LogP contribution < -0.4 is 25.2 Å². The number of hydrazine groups is 1. The SMILES string of the molecule is O=C(CCN1CCN(c2ccccc2)CC1)NNC(=O)[C@@H]1COc2ccccc2O1. The van der Waals surface area contributed by atoms with E-state index >= 15 is 0 Å². The normalized spacial score (nSPS) is 18.5. The summed E-state index contributed by atoms with van der Waals surface area (Å²) >= 11 is 0. The van der Waals surface area contributed by atoms with E-state index < -0.39 is 12.0 Å². The van der Waals surface area contributed by atoms with E-state index in [1.54, 1.807) is 12.1 Å². The third-order valence-corrected chi connectivity index (χ3v) is 5.27. The average Bonchev–Trinajstić information content (AvgIpc) is 2.81. The van der Waals surface area contributed by atoms with Crippen LogP contribution in [0.15, 0.2) is 54.6 Å². The van der Waals surface area contributed by atoms with Crippen LogP contribution in [-0.4, -0.2) is 62.1 Å². The van der Waals surface area contributed by atoms with E-state index in [-0.39, 0.29) is 12.5 Å². The van der Waals surface area contributed by atoms with Crippen molar-refractivity contribution >= 4 is 17.5 Å². The molecular formula is C22H26N4O4. The van der Waals surface area contributed by atoms with Crippen molar-refractivity contribution in [3.05, 3.63) is 54.6 Å². The Morgan fingerprint density at radius 1 is 0.900 bits per heavy atom. The summed E-state index contributed by atoms with van der Waals surface area (Å²) in [5, 5.41) is 0. The van der Waals surface area contributed by atoms with Crippen molar-refractivity contribution < 1.29 is 19.1 Å². The molecule has 2 heterocycles. The van der Waals surface area contributed by atoms with Crippen LogP contribution in [0.3, 0.4) is 0 Å². The number of nitrogens with zero attached hydrogens (tertiary/aromatic N) is 2. The largest absolute Gasteiger partial charge is 0.485 e. The number of para-hydroxylation sites is 3. The molecule has 2 aliphatic heterocycles. The number of ether oxygens (including phenoxy) is 2. The maximum atomic E-state index is 12.2. The van der Waals surface area contributed by atoms with Crippen LogP contribution in [0.2, 0.25) is 0 Å². The molecule has 2 N–H and O–H groups in total. The van der Waals surface area contributed by atoms with E-state index in [9.17, 15) is 9.59 Å². The van der Waals surface area contributed by atoms with Crippen molar-refractivity contribution in [1.29, 1.82) is 0 Å². The lowest BCUT2D eigenvalue weighted by atomic mass is 10.2. The minimum absolute atomic E-state index is 0.102. The van der Waals surface area contributed by atoms with Crippen LogP contribution in [0, 0.1) is 0 Å². The van der Waals surface area contributed by atoms with Crippen LogP contribution in [0.5, 0.6) is 11.5 Å². The zero-order valence-corrected chi connectivity index (χ0v) is 16.8. The maximum absolute atomic E-state index is 12.2. The minimum atomic E-state index is -0.800. The number of carbonyl (C=O) groups is 2. The van der Waals surface area contributed by atoms with Gasteiger partial charge in [0.2, 0.25) is 12.0 Å². The number of fused-ring (bicyclic) bond motifs is 1. The fraction of sp³-hybridized carbons (Fsp3) is 0.364. The number of piperazine rings is 1. The molecule has 2 aromatic rings. The van der Waals surface area contributed by atoms with Gasteiger partial charge in [0, 0.05) is 44.8 Å². The molecular weight excluding hydrogens is 384 g/mol. The number of hydrogen-bond donors (Lipinski definition) is 2. The number of benzene rings is 2. The average molecular weight is 410 g/mol. The molecule has 1 fully saturated rings. The summed E-state index contributed by atoms with van der Waals surface area (Å²) in [5.74, 6) is 0.461. The standard InChI is InChI=1S/C22H26N4O4/c27-21(10-11-25-12-14-26(15-13-25)17-6-2-1-3-7-17)23-24-22(28)20-16-29-18-8-4-5-9-19(18)30-20/h1-9,20H,10-16H2,(H,23,27)(H,24,28)/t20-/m0/s1. The van der Waals surface area contributed by atoms with Crippen molar-refractivity contribution in [1.82, 2.24) is 15.8 Å². The van der Waals surface area contributed by atoms with Crippen LogP contribution in [0.4, 0.5) is 5.69 Å². The Morgan fingerprint density at radius 2 is 1.60 bits per heavy atom. The Hall–Kier alpha value is -3.26. The highest BCUT2D eigenvalue weighted by molar-refractivity contribution is 5.85. The van der Waals surface area contributed by atoms with Crippen LogP contribution in [0.25, 0.3) is 0 Å². The number of nitrogens with one attached hydrogen (secondary N) is 2. The highest BCUT2D eigenvalue weighted by Crippen LogP contribution is 2.30. The van der Waals surface area contributed by atoms with Gasteiger partial charge in [-0.3, -0.25) is 25.3 Å². The topological polar surface area (TPSA) is 83.1 Å². The molecule has 2 aliphatic rings. The first-order valence-electron chi connectivity index (χ1n) is 10.2. The number of carbonyl (C=O) groups excluding carboxylic acids is 2. The Labute approximate surface area is 175 Å². The Morgan fingerprint density at radius 3 is 2.37 bits per heavy atom. The monoisotopic (exact) mass is 410 g/mol. The number of rotatable bonds is 5. The van der Waals surface area contributed by atoms with Crippen LogP contribution >= 0.6 is 0 Å². The van der Waals surface area contributed by atoms with E-state index in [4.69, 9.17) is 9.47 Å². The van der Waals surface area contributed by atoms with Gasteiger partial charge in [0.1, 0.15) is 6.61 Å². The molecule has 0 spiro atoms. The summed E-state index contributed by atoms with van der Waals surface area (Å²) in [5.41, 5.74) is 6.13. The first-order valence-corrected chi connectivity index (χ1v) is 10.2. The number of hydrogen-bond acceptors (Lipinski definition) is 6. The van der Waals surface area contributed by atoms with E-state index in [1.165, 1.54) is 5.69 Å². The fourth-order valence-electron chi connectivity index (χ4n) is 3.55. The van der Waals surface area contributed by atoms with Gasteiger partial charge in [0.25, 0.3) is 5.91 Å². The van der Waals surface area contributed by atoms with E-state index in [2.05, 4.69) is 32.8 Å². The zero-order valence-electron chi connectivity index (χ0n) is 16.8. The maximum Gasteiger partial charge on any atom is 0.283 e. The molecule has 8 nitrogen and oxygen atoms in total. The van der Waals surface area contributed by atoms with Gasteiger partial charge in [-0.2, -0.15) is 0 Å². The highest BCUT2D eigenvalue weighted by Gasteiger charge is 2.27. The van der Waals surface area contributed by atoms with Gasteiger partial charge in [-0.1, -0.05) is 30.3 Å². The molecule has 0 saturated carbocycles. The van der Waals surface area contributed by atoms with Gasteiger partial charge in [0.15, 0.2) is 11.5 Å². The summed E-state index contributed by atoms with van der Waals surface area (Å²) in [4.78, 5) is 29.0. The third kappa shape index (κ3) is 5.01. The molecule has 1 atom stereocenters. The van der Waals surface area contributed by atoms with Crippen molar-refractivity contribution in [3.63, 3.8) is 0 Å². The molecule has 0 aliphatic carbocycles. The summed E-state index contributed by atoms with van der Waals surface area (Å²) in [6, 6.07) is 17.5. The Balaban J connectivity index is 1.14. The minimum Gasteiger partial charge on any atom is -0.485 e. The van der Waals surface area contributed by atoms with E-state index in [0.717, 1.165) is 26.2 Å². The number of anilines is 1. The molecule has 0 bridgehead atoms. The van der Waals surface area contributed by atoms with Gasteiger partial charge < -0.3 is 14.4 Å². The van der Waals surface area contributed by atoms with Crippen molar-refractivity contribution in [2.24, 2.45) is 0 Å². The molecule has 0 unspecified atom stereocenters. The van der Waals surface area contributed by atoms with Gasteiger partial charge in [-0.05, 0) is 24.3 Å². The highest BCUT2D eigenvalue weighted by atomic mass is 16.6. The predicted octanol–water partition coefficient (Wildman–Crippen LogP) is 1.19. The molecule has 0 aromatic heterocycles. The first kappa shape index (κ1) is 20.0. The number of amides is 2. The van der Waals surface area contributed by atoms with Gasteiger partial charge in [-0.15, -0.1) is 0 Å². The Kier molecular flexibility index (Phi) is 6.34. The molecule has 4 rings (SSSR count). The van der Waals surface area contributed by atoms with Gasteiger partial charge in [-0.25, -0.2) is 0 Å². The summed E-state index contributed by atoms with van der Waals surface area (Å²) in [6.07, 6.45) is -0.484. The molecule has 0 radical (unpaired) electrons. The fourth-order valence-corrected chi connectivity index (χ4v) is 3.55. The quantitative estimate of drug-likeness (QED) is 0.721. The molecule has 2 amide bonds. The second-order valence-electron chi connectivity index (χ2n) is 7.32. The summed E-state index contributed by atoms with van der Waals surface area (Å²) in [6.45, 7) is 4.43. The molecule has 1 saturated heterocycles. The molecule has 30 heavy (non-hydrogen) atoms. The smallest absolute Gasteiger partial charge is 0.283 e. The predicted molar refractivity (Wildman–Crippen MR) is 112 cm³/mol. The lowest BCUT2D eigenvalue weighted by molar-refractivity contribution is -0.135. The molecule has 158 valence electrons. The zero-order chi connectivity index (χ0) is 20.8. The second kappa shape index (κ2) is 9.49. The summed E-state index contributed by atoms with van der Waals surface area (Å²) in [7, 11) is 0. The Bertz CT molecular complexity index is 868. The van der Waals surface area contributed by atoms with Gasteiger partial charge in [0.05, 0.1) is 0 Å². The first-order chi connectivity index (χ1) is 14.7. The lowest BCUT2D eigenvalue weighted by Gasteiger charge is -2.36. The third-order valence-electron chi connectivity index (χ3n) is 5.27. The molecule has 2 aromatic carbocycles. The van der Waals surface area contributed by atoms with Crippen molar-refractivity contribution in [2.45, 2.75) is 12.5 Å². The van der Waals surface area contributed by atoms with Crippen LogP contribution in [-0.2, 0) is 9.59 Å².